The second-order valence-corrected chi connectivity index (χ2v) is 25.7. The first kappa shape index (κ1) is 59.4. The monoisotopic (exact) mass is 1090 g/mol. The van der Waals surface area contributed by atoms with E-state index in [1.165, 1.54) is 0 Å². The van der Waals surface area contributed by atoms with E-state index in [0.29, 0.717) is 19.3 Å². The Morgan fingerprint density at radius 3 is 1.79 bits per heavy atom. The van der Waals surface area contributed by atoms with Crippen LogP contribution in [0.15, 0.2) is 11.6 Å². The molecule has 14 N–H and O–H groups in total. The Morgan fingerprint density at radius 1 is 0.566 bits per heavy atom. The Morgan fingerprint density at radius 2 is 1.14 bits per heavy atom. The molecule has 0 bridgehead atoms. The first-order chi connectivity index (χ1) is 35.6. The van der Waals surface area contributed by atoms with Crippen LogP contribution in [0.4, 0.5) is 0 Å². The molecule has 9 aliphatic rings. The van der Waals surface area contributed by atoms with Crippen molar-refractivity contribution < 1.29 is 114 Å². The van der Waals surface area contributed by atoms with Crippen molar-refractivity contribution >= 4 is 0 Å². The Bertz CT molecular complexity index is 2030. The summed E-state index contributed by atoms with van der Waals surface area (Å²) in [5.74, 6) is -0.245. The minimum atomic E-state index is -1.85. The lowest BCUT2D eigenvalue weighted by atomic mass is 9.35. The van der Waals surface area contributed by atoms with E-state index >= 15 is 0 Å². The van der Waals surface area contributed by atoms with Crippen molar-refractivity contribution in [1.82, 2.24) is 0 Å². The third-order valence-corrected chi connectivity index (χ3v) is 20.7. The quantitative estimate of drug-likeness (QED) is 0.0705. The molecule has 10 unspecified atom stereocenters. The molecule has 0 aromatic carbocycles. The molecule has 76 heavy (non-hydrogen) atoms. The summed E-state index contributed by atoms with van der Waals surface area (Å²) in [6.45, 7) is 14.8. The van der Waals surface area contributed by atoms with E-state index < -0.39 is 171 Å². The van der Waals surface area contributed by atoms with Gasteiger partial charge >= 0.3 is 0 Å². The van der Waals surface area contributed by atoms with Crippen LogP contribution in [0.3, 0.4) is 0 Å². The van der Waals surface area contributed by atoms with Gasteiger partial charge in [-0.15, -0.1) is 0 Å². The van der Waals surface area contributed by atoms with E-state index in [4.69, 9.17) is 42.6 Å². The summed E-state index contributed by atoms with van der Waals surface area (Å²) >= 11 is 0. The van der Waals surface area contributed by atoms with E-state index in [9.17, 15) is 71.5 Å². The Kier molecular flexibility index (Phi) is 17.1. The summed E-state index contributed by atoms with van der Waals surface area (Å²) in [5.41, 5.74) is -1.95. The SMILES string of the molecule is CC(C)=CC1CC(C)(O[C@@H]2O[C@H](CO[C@@H]3OC[C@@H](O)[C@H](O)[C@H]3O)[C@@H](O)[C@H](O)[C@H]2O)C2CCC3(C)C2C(CC2C4(C)C[C@@H](O)[C@H](O[C@@H]5O[C@H](CO)[C@@H](O)[C@H](O)[C@H]5O[C@@H]5O[C@H](CO)[C@@H](O)[C@H](O)[C@H]5O)C(C)(C)C4CCC23C)O1. The van der Waals surface area contributed by atoms with Crippen molar-refractivity contribution in [2.75, 3.05) is 26.4 Å². The summed E-state index contributed by atoms with van der Waals surface area (Å²) in [4.78, 5) is 0. The molecule has 9 fully saturated rings. The average molecular weight is 1090 g/mol. The molecule has 23 nitrogen and oxygen atoms in total. The largest absolute Gasteiger partial charge is 0.394 e. The van der Waals surface area contributed by atoms with E-state index in [0.717, 1.165) is 31.3 Å². The lowest BCUT2D eigenvalue weighted by molar-refractivity contribution is -0.383. The summed E-state index contributed by atoms with van der Waals surface area (Å²) in [6, 6.07) is 0. The number of ether oxygens (including phenoxy) is 9. The van der Waals surface area contributed by atoms with Gasteiger partial charge in [-0.2, -0.15) is 0 Å². The topological polar surface area (TPSA) is 366 Å². The highest BCUT2D eigenvalue weighted by Crippen LogP contribution is 2.77. The summed E-state index contributed by atoms with van der Waals surface area (Å²) < 4.78 is 56.1. The van der Waals surface area contributed by atoms with Crippen LogP contribution >= 0.6 is 0 Å². The van der Waals surface area contributed by atoms with Crippen LogP contribution in [0.25, 0.3) is 0 Å². The van der Waals surface area contributed by atoms with Crippen molar-refractivity contribution in [2.45, 2.75) is 247 Å². The van der Waals surface area contributed by atoms with Gasteiger partial charge in [0.1, 0.15) is 91.6 Å². The predicted octanol–water partition coefficient (Wildman–Crippen LogP) is -2.58. The second-order valence-electron chi connectivity index (χ2n) is 25.7. The fraction of sp³-hybridized carbons (Fsp3) is 0.962. The van der Waals surface area contributed by atoms with Gasteiger partial charge in [-0.1, -0.05) is 46.3 Å². The van der Waals surface area contributed by atoms with Gasteiger partial charge in [-0.3, -0.25) is 0 Å². The number of aliphatic hydroxyl groups excluding tert-OH is 14. The fourth-order valence-corrected chi connectivity index (χ4v) is 16.7. The molecule has 4 saturated carbocycles. The van der Waals surface area contributed by atoms with E-state index in [1.807, 2.05) is 34.6 Å². The maximum atomic E-state index is 12.6. The standard InChI is InChI=1S/C53H88O23/c1-21(2)13-22-15-53(8,76-47-42(67)38(63)36(61)29(73-47)20-69-45-40(65)33(58)25(57)19-68-45)23-9-11-52(7)32(23)26(70-22)14-31-50(5)16-24(56)44(49(3,4)30(50)10-12-51(31,52)6)75-48-43(39(64)35(60)28(18-55)72-48)74-46-41(66)37(62)34(59)27(17-54)71-46/h13,22-48,54-67H,9-12,14-20H2,1-8H3/t22?,23?,24-,25-,26?,27-,28-,29-,30?,31?,32?,33+,34-,35-,36-,37+,38+,39+,40-,41-,42-,43-,44+,45+,46+,47+,48+,50?,51?,52?,53?/m1/s1. The van der Waals surface area contributed by atoms with Crippen LogP contribution in [0.1, 0.15) is 100 Å². The van der Waals surface area contributed by atoms with Crippen LogP contribution in [0.2, 0.25) is 0 Å². The van der Waals surface area contributed by atoms with Crippen molar-refractivity contribution in [2.24, 2.45) is 45.3 Å². The highest BCUT2D eigenvalue weighted by Gasteiger charge is 2.74. The van der Waals surface area contributed by atoms with Crippen LogP contribution in [0, 0.1) is 45.3 Å². The van der Waals surface area contributed by atoms with Crippen LogP contribution < -0.4 is 0 Å². The van der Waals surface area contributed by atoms with E-state index in [-0.39, 0.29) is 47.2 Å². The molecule has 0 amide bonds. The third kappa shape index (κ3) is 9.90. The van der Waals surface area contributed by atoms with Gasteiger partial charge in [0.05, 0.1) is 56.4 Å². The van der Waals surface area contributed by atoms with Gasteiger partial charge in [-0.05, 0) is 105 Å². The zero-order valence-corrected chi connectivity index (χ0v) is 44.9. The van der Waals surface area contributed by atoms with Crippen LogP contribution in [-0.2, 0) is 42.6 Å². The van der Waals surface area contributed by atoms with Gasteiger partial charge in [0.2, 0.25) is 0 Å². The van der Waals surface area contributed by atoms with Crippen molar-refractivity contribution in [3.8, 4) is 0 Å². The number of aliphatic hydroxyl groups is 14. The molecular weight excluding hydrogens is 1000 g/mol. The normalized spacial score (nSPS) is 56.2. The highest BCUT2D eigenvalue weighted by atomic mass is 16.8. The summed E-state index contributed by atoms with van der Waals surface area (Å²) in [6.07, 6.45) is -26.3. The molecule has 0 aromatic heterocycles. The number of fused-ring (bicyclic) bond motifs is 4. The van der Waals surface area contributed by atoms with Crippen LogP contribution in [-0.4, -0.2) is 245 Å². The molecule has 0 radical (unpaired) electrons. The predicted molar refractivity (Wildman–Crippen MR) is 260 cm³/mol. The molecular formula is C53H88O23. The number of rotatable bonds is 12. The summed E-state index contributed by atoms with van der Waals surface area (Å²) in [7, 11) is 0. The Labute approximate surface area is 443 Å². The molecule has 438 valence electrons. The minimum Gasteiger partial charge on any atom is -0.394 e. The molecule has 5 heterocycles. The van der Waals surface area contributed by atoms with Gasteiger partial charge in [-0.25, -0.2) is 0 Å². The minimum absolute atomic E-state index is 0.0112. The average Bonchev–Trinajstić information content (AvgIpc) is 3.88. The highest BCUT2D eigenvalue weighted by molar-refractivity contribution is 5.23. The maximum Gasteiger partial charge on any atom is 0.187 e. The lowest BCUT2D eigenvalue weighted by Gasteiger charge is -2.71. The Hall–Kier alpha value is -1.18. The fourth-order valence-electron chi connectivity index (χ4n) is 16.7. The molecule has 0 spiro atoms. The van der Waals surface area contributed by atoms with Crippen molar-refractivity contribution in [3.63, 3.8) is 0 Å². The number of hydrogen-bond acceptors (Lipinski definition) is 23. The molecule has 5 aliphatic heterocycles. The lowest BCUT2D eigenvalue weighted by Crippen LogP contribution is -2.70. The Balaban J connectivity index is 0.968. The molecule has 4 aliphatic carbocycles. The summed E-state index contributed by atoms with van der Waals surface area (Å²) in [5, 5.41) is 151. The zero-order chi connectivity index (χ0) is 55.5. The smallest absolute Gasteiger partial charge is 0.187 e. The zero-order valence-electron chi connectivity index (χ0n) is 44.9. The molecule has 23 heteroatoms. The first-order valence-electron chi connectivity index (χ1n) is 27.4. The van der Waals surface area contributed by atoms with Crippen LogP contribution in [0.5, 0.6) is 0 Å². The van der Waals surface area contributed by atoms with Gasteiger partial charge in [0, 0.05) is 6.42 Å². The van der Waals surface area contributed by atoms with Crippen molar-refractivity contribution in [3.05, 3.63) is 11.6 Å². The number of allylic oxidation sites excluding steroid dienone is 1. The third-order valence-electron chi connectivity index (χ3n) is 20.7. The van der Waals surface area contributed by atoms with E-state index in [2.05, 4.69) is 26.8 Å². The maximum absolute atomic E-state index is 12.6. The molecule has 9 rings (SSSR count). The molecule has 0 aromatic rings. The first-order valence-corrected chi connectivity index (χ1v) is 27.4. The van der Waals surface area contributed by atoms with Gasteiger partial charge in [0.25, 0.3) is 0 Å². The van der Waals surface area contributed by atoms with Gasteiger partial charge < -0.3 is 114 Å². The number of hydrogen-bond donors (Lipinski definition) is 14. The van der Waals surface area contributed by atoms with Crippen molar-refractivity contribution in [1.29, 1.82) is 0 Å². The second kappa shape index (κ2) is 21.9. The van der Waals surface area contributed by atoms with Gasteiger partial charge in [0.15, 0.2) is 25.2 Å². The molecule has 5 saturated heterocycles. The molecule has 31 atom stereocenters. The van der Waals surface area contributed by atoms with E-state index in [1.54, 1.807) is 0 Å².